The zero-order valence-electron chi connectivity index (χ0n) is 16.5. The molecule has 0 amide bonds. The molecular formula is C25H18F3NO2. The molecule has 0 fully saturated rings. The van der Waals surface area contributed by atoms with Crippen LogP contribution in [0.1, 0.15) is 50.4 Å². The molecule has 0 saturated heterocycles. The van der Waals surface area contributed by atoms with E-state index in [1.807, 2.05) is 37.3 Å². The average molecular weight is 421 g/mol. The van der Waals surface area contributed by atoms with Crippen LogP contribution in [0.5, 0.6) is 0 Å². The average Bonchev–Trinajstić information content (AvgIpc) is 2.77. The molecule has 0 aromatic heterocycles. The van der Waals surface area contributed by atoms with E-state index in [2.05, 4.69) is 5.32 Å². The van der Waals surface area contributed by atoms with Crippen molar-refractivity contribution in [1.82, 2.24) is 5.32 Å². The van der Waals surface area contributed by atoms with Gasteiger partial charge in [-0.2, -0.15) is 13.2 Å². The summed E-state index contributed by atoms with van der Waals surface area (Å²) in [4.78, 5) is 26.6. The number of benzene rings is 3. The number of allylic oxidation sites excluding steroid dienone is 2. The number of carbonyl (C=O) groups is 2. The van der Waals surface area contributed by atoms with Crippen LogP contribution in [0, 0.1) is 0 Å². The maximum Gasteiger partial charge on any atom is 0.416 e. The van der Waals surface area contributed by atoms with Crippen molar-refractivity contribution in [3.8, 4) is 0 Å². The molecule has 1 aliphatic carbocycles. The second-order valence-electron chi connectivity index (χ2n) is 7.31. The third-order valence-corrected chi connectivity index (χ3v) is 5.26. The van der Waals surface area contributed by atoms with Gasteiger partial charge in [0.15, 0.2) is 5.78 Å². The minimum atomic E-state index is -4.57. The minimum Gasteiger partial charge on any atom is -0.375 e. The summed E-state index contributed by atoms with van der Waals surface area (Å²) < 4.78 is 39.9. The molecule has 1 unspecified atom stereocenters. The lowest BCUT2D eigenvalue weighted by molar-refractivity contribution is -0.137. The van der Waals surface area contributed by atoms with E-state index < -0.39 is 23.3 Å². The van der Waals surface area contributed by atoms with Gasteiger partial charge >= 0.3 is 6.18 Å². The number of nitrogens with one attached hydrogen (secondary N) is 1. The zero-order valence-corrected chi connectivity index (χ0v) is 16.5. The molecule has 1 atom stereocenters. The van der Waals surface area contributed by atoms with E-state index in [-0.39, 0.29) is 34.0 Å². The molecule has 1 N–H and O–H groups in total. The van der Waals surface area contributed by atoms with Crippen LogP contribution in [-0.2, 0) is 6.18 Å². The molecule has 1 aliphatic rings. The Morgan fingerprint density at radius 2 is 1.39 bits per heavy atom. The van der Waals surface area contributed by atoms with Crippen LogP contribution in [0.3, 0.4) is 0 Å². The van der Waals surface area contributed by atoms with Crippen LogP contribution in [0.25, 0.3) is 5.57 Å². The Morgan fingerprint density at radius 3 is 2.03 bits per heavy atom. The predicted molar refractivity (Wildman–Crippen MR) is 111 cm³/mol. The number of alkyl halides is 3. The van der Waals surface area contributed by atoms with E-state index in [9.17, 15) is 22.8 Å². The Kier molecular flexibility index (Phi) is 5.23. The quantitative estimate of drug-likeness (QED) is 0.575. The van der Waals surface area contributed by atoms with Gasteiger partial charge in [0, 0.05) is 17.2 Å². The smallest absolute Gasteiger partial charge is 0.375 e. The fourth-order valence-electron chi connectivity index (χ4n) is 3.68. The predicted octanol–water partition coefficient (Wildman–Crippen LogP) is 5.85. The lowest BCUT2D eigenvalue weighted by Crippen LogP contribution is -2.31. The molecule has 31 heavy (non-hydrogen) atoms. The van der Waals surface area contributed by atoms with E-state index in [1.165, 1.54) is 18.2 Å². The van der Waals surface area contributed by atoms with Gasteiger partial charge in [-0.05, 0) is 30.2 Å². The largest absolute Gasteiger partial charge is 0.416 e. The monoisotopic (exact) mass is 421 g/mol. The van der Waals surface area contributed by atoms with Gasteiger partial charge in [-0.25, -0.2) is 0 Å². The second kappa shape index (κ2) is 7.87. The summed E-state index contributed by atoms with van der Waals surface area (Å²) in [5, 5.41) is 3.09. The number of rotatable bonds is 4. The van der Waals surface area contributed by atoms with Gasteiger partial charge in [-0.3, -0.25) is 9.59 Å². The Hall–Kier alpha value is -3.67. The van der Waals surface area contributed by atoms with Crippen LogP contribution in [-0.4, -0.2) is 11.6 Å². The number of ketones is 2. The maximum absolute atomic E-state index is 13.3. The van der Waals surface area contributed by atoms with Gasteiger partial charge in [0.2, 0.25) is 5.78 Å². The number of halogens is 3. The first-order valence-corrected chi connectivity index (χ1v) is 9.69. The highest BCUT2D eigenvalue weighted by Crippen LogP contribution is 2.36. The number of hydrogen-bond donors (Lipinski definition) is 1. The Bertz CT molecular complexity index is 1200. The van der Waals surface area contributed by atoms with E-state index in [1.54, 1.807) is 18.2 Å². The zero-order chi connectivity index (χ0) is 22.2. The highest BCUT2D eigenvalue weighted by atomic mass is 19.4. The fourth-order valence-corrected chi connectivity index (χ4v) is 3.68. The number of fused-ring (bicyclic) bond motifs is 1. The number of hydrogen-bond acceptors (Lipinski definition) is 3. The first-order chi connectivity index (χ1) is 14.8. The highest BCUT2D eigenvalue weighted by Gasteiger charge is 2.35. The fraction of sp³-hybridized carbons (Fsp3) is 0.120. The summed E-state index contributed by atoms with van der Waals surface area (Å²) in [6, 6.07) is 19.8. The second-order valence-corrected chi connectivity index (χ2v) is 7.31. The maximum atomic E-state index is 13.3. The lowest BCUT2D eigenvalue weighted by Gasteiger charge is -2.25. The third kappa shape index (κ3) is 3.89. The van der Waals surface area contributed by atoms with Gasteiger partial charge in [0.1, 0.15) is 0 Å². The molecule has 0 radical (unpaired) electrons. The van der Waals surface area contributed by atoms with Crippen LogP contribution < -0.4 is 5.32 Å². The van der Waals surface area contributed by atoms with E-state index in [0.717, 1.165) is 17.7 Å². The van der Waals surface area contributed by atoms with Gasteiger partial charge in [-0.1, -0.05) is 66.7 Å². The molecule has 4 rings (SSSR count). The van der Waals surface area contributed by atoms with Crippen molar-refractivity contribution in [3.05, 3.63) is 112 Å². The minimum absolute atomic E-state index is 0.000576. The SMILES string of the molecule is CC(NC1=C(c2cccc(C(F)(F)F)c2)C(=O)c2ccccc2C1=O)c1ccccc1. The van der Waals surface area contributed by atoms with Crippen molar-refractivity contribution in [2.24, 2.45) is 0 Å². The van der Waals surface area contributed by atoms with Crippen molar-refractivity contribution >= 4 is 17.1 Å². The third-order valence-electron chi connectivity index (χ3n) is 5.26. The van der Waals surface area contributed by atoms with Gasteiger partial charge in [0.25, 0.3) is 0 Å². The summed E-state index contributed by atoms with van der Waals surface area (Å²) in [5.74, 6) is -0.914. The highest BCUT2D eigenvalue weighted by molar-refractivity contribution is 6.40. The molecule has 0 aliphatic heterocycles. The van der Waals surface area contributed by atoms with Crippen molar-refractivity contribution in [3.63, 3.8) is 0 Å². The molecule has 0 heterocycles. The Balaban J connectivity index is 1.88. The van der Waals surface area contributed by atoms with Crippen LogP contribution in [0.2, 0.25) is 0 Å². The van der Waals surface area contributed by atoms with E-state index >= 15 is 0 Å². The van der Waals surface area contributed by atoms with Crippen molar-refractivity contribution in [2.75, 3.05) is 0 Å². The summed E-state index contributed by atoms with van der Waals surface area (Å²) in [7, 11) is 0. The van der Waals surface area contributed by atoms with Crippen LogP contribution in [0.15, 0.2) is 84.6 Å². The molecule has 156 valence electrons. The Labute approximate surface area is 177 Å². The topological polar surface area (TPSA) is 46.2 Å². The van der Waals surface area contributed by atoms with Crippen molar-refractivity contribution in [1.29, 1.82) is 0 Å². The first-order valence-electron chi connectivity index (χ1n) is 9.69. The first kappa shape index (κ1) is 20.6. The molecular weight excluding hydrogens is 403 g/mol. The summed E-state index contributed by atoms with van der Waals surface area (Å²) in [6.07, 6.45) is -4.57. The summed E-state index contributed by atoms with van der Waals surface area (Å²) in [5.41, 5.74) is 0.385. The molecule has 0 saturated carbocycles. The summed E-state index contributed by atoms with van der Waals surface area (Å²) >= 11 is 0. The van der Waals surface area contributed by atoms with Crippen molar-refractivity contribution < 1.29 is 22.8 Å². The molecule has 6 heteroatoms. The molecule has 0 spiro atoms. The number of Topliss-reactive ketones (excluding diaryl/α,β-unsaturated/α-hetero) is 2. The van der Waals surface area contributed by atoms with Gasteiger partial charge in [-0.15, -0.1) is 0 Å². The molecule has 3 nitrogen and oxygen atoms in total. The molecule has 3 aromatic carbocycles. The summed E-state index contributed by atoms with van der Waals surface area (Å²) in [6.45, 7) is 1.82. The normalized spacial score (nSPS) is 15.0. The molecule has 0 bridgehead atoms. The van der Waals surface area contributed by atoms with Crippen molar-refractivity contribution in [2.45, 2.75) is 19.1 Å². The van der Waals surface area contributed by atoms with Crippen LogP contribution in [0.4, 0.5) is 13.2 Å². The van der Waals surface area contributed by atoms with E-state index in [0.29, 0.717) is 0 Å². The molecule has 3 aromatic rings. The van der Waals surface area contributed by atoms with Crippen LogP contribution >= 0.6 is 0 Å². The van der Waals surface area contributed by atoms with Gasteiger partial charge in [0.05, 0.1) is 16.8 Å². The number of carbonyl (C=O) groups excluding carboxylic acids is 2. The Morgan fingerprint density at radius 1 is 0.774 bits per heavy atom. The van der Waals surface area contributed by atoms with Gasteiger partial charge < -0.3 is 5.32 Å². The lowest BCUT2D eigenvalue weighted by atomic mass is 9.83. The van der Waals surface area contributed by atoms with E-state index in [4.69, 9.17) is 0 Å². The standard InChI is InChI=1S/C25H18F3NO2/c1-15(16-8-3-2-4-9-16)29-22-21(17-10-7-11-18(14-17)25(26,27)28)23(30)19-12-5-6-13-20(19)24(22)31/h2-15,29H,1H3.